The van der Waals surface area contributed by atoms with Crippen molar-refractivity contribution < 1.29 is 14.3 Å². The molecule has 0 aliphatic carbocycles. The molecule has 1 saturated heterocycles. The predicted molar refractivity (Wildman–Crippen MR) is 93.2 cm³/mol. The van der Waals surface area contributed by atoms with Gasteiger partial charge in [0, 0.05) is 46.8 Å². The van der Waals surface area contributed by atoms with Crippen LogP contribution in [0.5, 0.6) is 0 Å². The molecule has 124 valence electrons. The molecule has 0 bridgehead atoms. The first-order valence-corrected chi connectivity index (χ1v) is 6.92. The fraction of sp³-hybridized carbons (Fsp3) is 0.846. The summed E-state index contributed by atoms with van der Waals surface area (Å²) in [4.78, 5) is 17.8. The van der Waals surface area contributed by atoms with Crippen LogP contribution in [0.2, 0.25) is 0 Å². The number of amides is 1. The van der Waals surface area contributed by atoms with Crippen molar-refractivity contribution in [2.75, 3.05) is 60.7 Å². The Labute approximate surface area is 143 Å². The summed E-state index contributed by atoms with van der Waals surface area (Å²) in [7, 11) is 5.29. The normalized spacial score (nSPS) is 18.0. The van der Waals surface area contributed by atoms with Gasteiger partial charge in [-0.25, -0.2) is 0 Å². The van der Waals surface area contributed by atoms with E-state index in [4.69, 9.17) is 9.47 Å². The van der Waals surface area contributed by atoms with E-state index < -0.39 is 0 Å². The summed E-state index contributed by atoms with van der Waals surface area (Å²) >= 11 is 0. The van der Waals surface area contributed by atoms with Crippen LogP contribution in [0.4, 0.5) is 0 Å². The quantitative estimate of drug-likeness (QED) is 0.264. The van der Waals surface area contributed by atoms with Gasteiger partial charge in [0.25, 0.3) is 0 Å². The lowest BCUT2D eigenvalue weighted by Gasteiger charge is -2.24. The van der Waals surface area contributed by atoms with Gasteiger partial charge < -0.3 is 25.0 Å². The van der Waals surface area contributed by atoms with Gasteiger partial charge in [-0.1, -0.05) is 0 Å². The van der Waals surface area contributed by atoms with E-state index in [2.05, 4.69) is 15.6 Å². The first kappa shape index (κ1) is 20.4. The maximum absolute atomic E-state index is 11.6. The highest BCUT2D eigenvalue weighted by Gasteiger charge is 2.19. The number of guanidine groups is 1. The number of carbonyl (C=O) groups is 1. The van der Waals surface area contributed by atoms with Crippen LogP contribution < -0.4 is 10.6 Å². The molecule has 21 heavy (non-hydrogen) atoms. The molecule has 8 heteroatoms. The maximum Gasteiger partial charge on any atom is 0.239 e. The molecular weight excluding hydrogens is 387 g/mol. The number of nitrogens with zero attached hydrogens (tertiary/aromatic N) is 2. The molecule has 2 N–H and O–H groups in total. The highest BCUT2D eigenvalue weighted by atomic mass is 127. The second kappa shape index (κ2) is 12.0. The van der Waals surface area contributed by atoms with E-state index in [1.807, 2.05) is 11.9 Å². The Kier molecular flexibility index (Phi) is 11.6. The molecule has 0 aromatic carbocycles. The lowest BCUT2D eigenvalue weighted by atomic mass is 10.1. The van der Waals surface area contributed by atoms with Crippen molar-refractivity contribution in [2.24, 2.45) is 10.9 Å². The standard InChI is InChI=1S/C13H26N4O3.HI/c1-14-13(16-8-12(18)15-5-7-19-3)17(2)9-11-4-6-20-10-11;/h11H,4-10H2,1-3H3,(H,14,16)(H,15,18);1H. The Bertz CT molecular complexity index is 323. The van der Waals surface area contributed by atoms with Crippen LogP contribution in [-0.2, 0) is 14.3 Å². The van der Waals surface area contributed by atoms with Crippen molar-refractivity contribution in [3.05, 3.63) is 0 Å². The lowest BCUT2D eigenvalue weighted by Crippen LogP contribution is -2.45. The molecule has 1 amide bonds. The van der Waals surface area contributed by atoms with Gasteiger partial charge in [0.2, 0.25) is 5.91 Å². The zero-order valence-electron chi connectivity index (χ0n) is 13.1. The molecule has 1 aliphatic rings. The van der Waals surface area contributed by atoms with Crippen molar-refractivity contribution in [2.45, 2.75) is 6.42 Å². The summed E-state index contributed by atoms with van der Waals surface area (Å²) in [6.45, 7) is 3.77. The number of ether oxygens (including phenoxy) is 2. The minimum atomic E-state index is -0.0687. The van der Waals surface area contributed by atoms with Gasteiger partial charge in [-0.2, -0.15) is 0 Å². The SMILES string of the molecule is CN=C(NCC(=O)NCCOC)N(C)CC1CCOC1.I. The van der Waals surface area contributed by atoms with Gasteiger partial charge in [0.1, 0.15) is 0 Å². The number of aliphatic imine (C=N–C) groups is 1. The average molecular weight is 414 g/mol. The molecule has 0 aromatic rings. The monoisotopic (exact) mass is 414 g/mol. The van der Waals surface area contributed by atoms with E-state index in [0.29, 0.717) is 19.1 Å². The fourth-order valence-electron chi connectivity index (χ4n) is 2.10. The summed E-state index contributed by atoms with van der Waals surface area (Å²) in [5.74, 6) is 1.19. The Hall–Kier alpha value is -0.610. The second-order valence-corrected chi connectivity index (χ2v) is 4.85. The third-order valence-electron chi connectivity index (χ3n) is 3.16. The van der Waals surface area contributed by atoms with E-state index in [0.717, 1.165) is 32.1 Å². The topological polar surface area (TPSA) is 75.2 Å². The van der Waals surface area contributed by atoms with Crippen molar-refractivity contribution in [3.8, 4) is 0 Å². The van der Waals surface area contributed by atoms with Crippen molar-refractivity contribution >= 4 is 35.8 Å². The number of nitrogens with one attached hydrogen (secondary N) is 2. The highest BCUT2D eigenvalue weighted by molar-refractivity contribution is 14.0. The predicted octanol–water partition coefficient (Wildman–Crippen LogP) is -0.0893. The number of hydrogen-bond acceptors (Lipinski definition) is 4. The highest BCUT2D eigenvalue weighted by Crippen LogP contribution is 2.13. The molecular formula is C13H27IN4O3. The second-order valence-electron chi connectivity index (χ2n) is 4.85. The van der Waals surface area contributed by atoms with E-state index >= 15 is 0 Å². The van der Waals surface area contributed by atoms with Crippen LogP contribution in [0.1, 0.15) is 6.42 Å². The third-order valence-corrected chi connectivity index (χ3v) is 3.16. The van der Waals surface area contributed by atoms with Gasteiger partial charge in [0.15, 0.2) is 5.96 Å². The van der Waals surface area contributed by atoms with Crippen molar-refractivity contribution in [1.82, 2.24) is 15.5 Å². The van der Waals surface area contributed by atoms with Gasteiger partial charge in [-0.05, 0) is 6.42 Å². The van der Waals surface area contributed by atoms with Crippen LogP contribution >= 0.6 is 24.0 Å². The van der Waals surface area contributed by atoms with Gasteiger partial charge in [0.05, 0.1) is 19.8 Å². The summed E-state index contributed by atoms with van der Waals surface area (Å²) in [5, 5.41) is 5.81. The van der Waals surface area contributed by atoms with Crippen LogP contribution in [0, 0.1) is 5.92 Å². The molecule has 0 saturated carbocycles. The molecule has 1 rings (SSSR count). The first-order valence-electron chi connectivity index (χ1n) is 6.92. The number of methoxy groups -OCH3 is 1. The summed E-state index contributed by atoms with van der Waals surface area (Å²) in [5.41, 5.74) is 0. The Morgan fingerprint density at radius 2 is 2.24 bits per heavy atom. The van der Waals surface area contributed by atoms with Crippen LogP contribution in [0.15, 0.2) is 4.99 Å². The van der Waals surface area contributed by atoms with E-state index in [1.54, 1.807) is 14.2 Å². The smallest absolute Gasteiger partial charge is 0.239 e. The Morgan fingerprint density at radius 1 is 1.48 bits per heavy atom. The molecule has 1 atom stereocenters. The minimum absolute atomic E-state index is 0. The van der Waals surface area contributed by atoms with Gasteiger partial charge in [-0.15, -0.1) is 24.0 Å². The summed E-state index contributed by atoms with van der Waals surface area (Å²) in [6.07, 6.45) is 1.08. The fourth-order valence-corrected chi connectivity index (χ4v) is 2.10. The average Bonchev–Trinajstić information content (AvgIpc) is 2.92. The number of rotatable bonds is 7. The number of carbonyl (C=O) groups excluding carboxylic acids is 1. The number of halogens is 1. The molecule has 1 fully saturated rings. The van der Waals surface area contributed by atoms with Gasteiger partial charge >= 0.3 is 0 Å². The molecule has 7 nitrogen and oxygen atoms in total. The van der Waals surface area contributed by atoms with Crippen molar-refractivity contribution in [1.29, 1.82) is 0 Å². The zero-order valence-corrected chi connectivity index (χ0v) is 15.4. The van der Waals surface area contributed by atoms with E-state index in [1.165, 1.54) is 0 Å². The summed E-state index contributed by atoms with van der Waals surface area (Å²) < 4.78 is 10.2. The van der Waals surface area contributed by atoms with Crippen LogP contribution in [0.3, 0.4) is 0 Å². The summed E-state index contributed by atoms with van der Waals surface area (Å²) in [6, 6.07) is 0. The largest absolute Gasteiger partial charge is 0.383 e. The molecule has 0 radical (unpaired) electrons. The maximum atomic E-state index is 11.6. The molecule has 1 aliphatic heterocycles. The van der Waals surface area contributed by atoms with Gasteiger partial charge in [-0.3, -0.25) is 9.79 Å². The van der Waals surface area contributed by atoms with E-state index in [9.17, 15) is 4.79 Å². The van der Waals surface area contributed by atoms with Crippen LogP contribution in [0.25, 0.3) is 0 Å². The van der Waals surface area contributed by atoms with Crippen LogP contribution in [-0.4, -0.2) is 77.4 Å². The molecule has 0 aromatic heterocycles. The Morgan fingerprint density at radius 3 is 2.81 bits per heavy atom. The third kappa shape index (κ3) is 8.42. The minimum Gasteiger partial charge on any atom is -0.383 e. The lowest BCUT2D eigenvalue weighted by molar-refractivity contribution is -0.120. The molecule has 1 unspecified atom stereocenters. The van der Waals surface area contributed by atoms with Crippen molar-refractivity contribution in [3.63, 3.8) is 0 Å². The molecule has 0 spiro atoms. The number of hydrogen-bond donors (Lipinski definition) is 2. The zero-order chi connectivity index (χ0) is 14.8. The first-order chi connectivity index (χ1) is 9.67. The molecule has 1 heterocycles. The Balaban J connectivity index is 0.00000400. The van der Waals surface area contributed by atoms with E-state index in [-0.39, 0.29) is 36.4 Å².